The third-order valence-corrected chi connectivity index (χ3v) is 3.61. The van der Waals surface area contributed by atoms with Crippen molar-refractivity contribution < 1.29 is 19.1 Å². The van der Waals surface area contributed by atoms with E-state index in [1.807, 2.05) is 6.92 Å². The lowest BCUT2D eigenvalue weighted by molar-refractivity contribution is -0.138. The number of anilines is 1. The van der Waals surface area contributed by atoms with E-state index >= 15 is 0 Å². The van der Waals surface area contributed by atoms with E-state index in [1.165, 1.54) is 23.5 Å². The zero-order valence-corrected chi connectivity index (χ0v) is 12.0. The van der Waals surface area contributed by atoms with Crippen LogP contribution in [0.3, 0.4) is 0 Å². The van der Waals surface area contributed by atoms with Gasteiger partial charge in [-0.05, 0) is 31.2 Å². The summed E-state index contributed by atoms with van der Waals surface area (Å²) in [5.74, 6) is -1.74. The molecule has 2 N–H and O–H groups in total. The van der Waals surface area contributed by atoms with Crippen LogP contribution in [0.1, 0.15) is 17.7 Å². The summed E-state index contributed by atoms with van der Waals surface area (Å²) >= 11 is 1.29. The number of aryl methyl sites for hydroxylation is 1. The Morgan fingerprint density at radius 1 is 1.29 bits per heavy atom. The number of hydrogen-bond donors (Lipinski definition) is 2. The Labute approximate surface area is 124 Å². The highest BCUT2D eigenvalue weighted by atomic mass is 32.1. The number of carboxylic acids is 1. The fourth-order valence-electron chi connectivity index (χ4n) is 1.73. The second-order valence-corrected chi connectivity index (χ2v) is 5.58. The SMILES string of the molecule is Cc1sc(NC(=O)CCC(=O)O)nc1-c1ccc(F)cc1. The van der Waals surface area contributed by atoms with Gasteiger partial charge in [0.05, 0.1) is 12.1 Å². The number of benzene rings is 1. The Bertz CT molecular complexity index is 667. The van der Waals surface area contributed by atoms with Crippen LogP contribution < -0.4 is 5.32 Å². The molecule has 110 valence electrons. The number of aliphatic carboxylic acids is 1. The number of halogens is 1. The number of rotatable bonds is 5. The van der Waals surface area contributed by atoms with Crippen molar-refractivity contribution >= 4 is 28.3 Å². The molecule has 0 spiro atoms. The molecule has 5 nitrogen and oxygen atoms in total. The molecule has 0 bridgehead atoms. The van der Waals surface area contributed by atoms with E-state index < -0.39 is 11.9 Å². The summed E-state index contributed by atoms with van der Waals surface area (Å²) in [6.45, 7) is 1.85. The van der Waals surface area contributed by atoms with Crippen molar-refractivity contribution in [3.8, 4) is 11.3 Å². The highest BCUT2D eigenvalue weighted by Crippen LogP contribution is 2.30. The molecular formula is C14H13FN2O3S. The molecule has 0 fully saturated rings. The van der Waals surface area contributed by atoms with Crippen molar-refractivity contribution in [1.82, 2.24) is 4.98 Å². The molecule has 7 heteroatoms. The minimum Gasteiger partial charge on any atom is -0.481 e. The lowest BCUT2D eigenvalue weighted by atomic mass is 10.1. The van der Waals surface area contributed by atoms with Gasteiger partial charge in [-0.15, -0.1) is 11.3 Å². The number of hydrogen-bond acceptors (Lipinski definition) is 4. The maximum atomic E-state index is 12.9. The third-order valence-electron chi connectivity index (χ3n) is 2.73. The molecule has 1 aromatic heterocycles. The van der Waals surface area contributed by atoms with Gasteiger partial charge in [-0.1, -0.05) is 0 Å². The molecule has 0 aliphatic heterocycles. The second kappa shape index (κ2) is 6.45. The topological polar surface area (TPSA) is 79.3 Å². The Morgan fingerprint density at radius 2 is 1.95 bits per heavy atom. The van der Waals surface area contributed by atoms with Crippen molar-refractivity contribution in [2.45, 2.75) is 19.8 Å². The number of aromatic nitrogens is 1. The molecule has 0 radical (unpaired) electrons. The van der Waals surface area contributed by atoms with Crippen molar-refractivity contribution in [1.29, 1.82) is 0 Å². The van der Waals surface area contributed by atoms with Gasteiger partial charge in [0.2, 0.25) is 5.91 Å². The number of carbonyl (C=O) groups is 2. The zero-order chi connectivity index (χ0) is 15.4. The molecule has 1 aromatic carbocycles. The summed E-state index contributed by atoms with van der Waals surface area (Å²) < 4.78 is 12.9. The first kappa shape index (κ1) is 15.1. The number of carbonyl (C=O) groups excluding carboxylic acids is 1. The van der Waals surface area contributed by atoms with E-state index in [2.05, 4.69) is 10.3 Å². The quantitative estimate of drug-likeness (QED) is 0.889. The van der Waals surface area contributed by atoms with Crippen molar-refractivity contribution in [3.05, 3.63) is 35.0 Å². The molecule has 0 saturated carbocycles. The number of nitrogens with one attached hydrogen (secondary N) is 1. The summed E-state index contributed by atoms with van der Waals surface area (Å²) in [7, 11) is 0. The predicted molar refractivity (Wildman–Crippen MR) is 77.7 cm³/mol. The van der Waals surface area contributed by atoms with Gasteiger partial charge in [-0.25, -0.2) is 9.37 Å². The van der Waals surface area contributed by atoms with Crippen LogP contribution >= 0.6 is 11.3 Å². The van der Waals surface area contributed by atoms with Crippen LogP contribution in [0.2, 0.25) is 0 Å². The molecule has 0 aliphatic carbocycles. The Hall–Kier alpha value is -2.28. The number of carboxylic acid groups (broad SMARTS) is 1. The summed E-state index contributed by atoms with van der Waals surface area (Å²) in [4.78, 5) is 27.1. The van der Waals surface area contributed by atoms with E-state index in [4.69, 9.17) is 5.11 Å². The summed E-state index contributed by atoms with van der Waals surface area (Å²) in [6, 6.07) is 5.93. The predicted octanol–water partition coefficient (Wildman–Crippen LogP) is 3.06. The summed E-state index contributed by atoms with van der Waals surface area (Å²) in [6.07, 6.45) is -0.319. The normalized spacial score (nSPS) is 10.4. The van der Waals surface area contributed by atoms with Gasteiger partial charge in [-0.2, -0.15) is 0 Å². The lowest BCUT2D eigenvalue weighted by Gasteiger charge is -1.99. The van der Waals surface area contributed by atoms with Gasteiger partial charge in [-0.3, -0.25) is 9.59 Å². The van der Waals surface area contributed by atoms with Gasteiger partial charge in [0.25, 0.3) is 0 Å². The first-order valence-electron chi connectivity index (χ1n) is 6.20. The molecule has 2 rings (SSSR count). The van der Waals surface area contributed by atoms with Gasteiger partial charge < -0.3 is 10.4 Å². The standard InChI is InChI=1S/C14H13FN2O3S/c1-8-13(9-2-4-10(15)5-3-9)17-14(21-8)16-11(18)6-7-12(19)20/h2-5H,6-7H2,1H3,(H,19,20)(H,16,17,18). The minimum atomic E-state index is -1.02. The van der Waals surface area contributed by atoms with Crippen LogP contribution in [-0.4, -0.2) is 22.0 Å². The van der Waals surface area contributed by atoms with Gasteiger partial charge in [0.1, 0.15) is 5.82 Å². The Kier molecular flexibility index (Phi) is 4.64. The van der Waals surface area contributed by atoms with E-state index in [0.29, 0.717) is 10.8 Å². The van der Waals surface area contributed by atoms with Gasteiger partial charge in [0.15, 0.2) is 5.13 Å². The molecule has 0 atom stereocenters. The Balaban J connectivity index is 2.10. The van der Waals surface area contributed by atoms with E-state index in [1.54, 1.807) is 12.1 Å². The largest absolute Gasteiger partial charge is 0.481 e. The average molecular weight is 308 g/mol. The van der Waals surface area contributed by atoms with Crippen molar-refractivity contribution in [3.63, 3.8) is 0 Å². The number of thiazole rings is 1. The average Bonchev–Trinajstić information content (AvgIpc) is 2.78. The zero-order valence-electron chi connectivity index (χ0n) is 11.2. The molecule has 1 heterocycles. The van der Waals surface area contributed by atoms with E-state index in [-0.39, 0.29) is 18.7 Å². The van der Waals surface area contributed by atoms with Crippen molar-refractivity contribution in [2.24, 2.45) is 0 Å². The molecular weight excluding hydrogens is 295 g/mol. The molecule has 1 amide bonds. The van der Waals surface area contributed by atoms with Gasteiger partial charge >= 0.3 is 5.97 Å². The van der Waals surface area contributed by atoms with Crippen molar-refractivity contribution in [2.75, 3.05) is 5.32 Å². The van der Waals surface area contributed by atoms with E-state index in [0.717, 1.165) is 10.4 Å². The van der Waals surface area contributed by atoms with Crippen LogP contribution in [-0.2, 0) is 9.59 Å². The maximum absolute atomic E-state index is 12.9. The lowest BCUT2D eigenvalue weighted by Crippen LogP contribution is -2.12. The van der Waals surface area contributed by atoms with Crippen LogP contribution in [0.15, 0.2) is 24.3 Å². The number of nitrogens with zero attached hydrogens (tertiary/aromatic N) is 1. The highest BCUT2D eigenvalue weighted by molar-refractivity contribution is 7.16. The van der Waals surface area contributed by atoms with Crippen LogP contribution in [0.5, 0.6) is 0 Å². The second-order valence-electron chi connectivity index (χ2n) is 4.37. The maximum Gasteiger partial charge on any atom is 0.303 e. The first-order valence-corrected chi connectivity index (χ1v) is 7.02. The third kappa shape index (κ3) is 4.09. The van der Waals surface area contributed by atoms with Crippen LogP contribution in [0.4, 0.5) is 9.52 Å². The van der Waals surface area contributed by atoms with E-state index in [9.17, 15) is 14.0 Å². The van der Waals surface area contributed by atoms with Crippen LogP contribution in [0, 0.1) is 12.7 Å². The number of amides is 1. The molecule has 0 unspecified atom stereocenters. The summed E-state index contributed by atoms with van der Waals surface area (Å²) in [5, 5.41) is 11.5. The molecule has 0 saturated heterocycles. The molecule has 21 heavy (non-hydrogen) atoms. The first-order chi connectivity index (χ1) is 9.95. The monoisotopic (exact) mass is 308 g/mol. The fourth-order valence-corrected chi connectivity index (χ4v) is 2.58. The molecule has 0 aliphatic rings. The minimum absolute atomic E-state index is 0.0974. The highest BCUT2D eigenvalue weighted by Gasteiger charge is 2.12. The Morgan fingerprint density at radius 3 is 2.57 bits per heavy atom. The molecule has 2 aromatic rings. The fraction of sp³-hybridized carbons (Fsp3) is 0.214. The van der Waals surface area contributed by atoms with Gasteiger partial charge in [0, 0.05) is 16.9 Å². The summed E-state index contributed by atoms with van der Waals surface area (Å²) in [5.41, 5.74) is 1.43. The smallest absolute Gasteiger partial charge is 0.303 e. The van der Waals surface area contributed by atoms with Crippen LogP contribution in [0.25, 0.3) is 11.3 Å².